The van der Waals surface area contributed by atoms with Gasteiger partial charge < -0.3 is 10.2 Å². The van der Waals surface area contributed by atoms with E-state index in [9.17, 15) is 14.7 Å². The molecule has 5 heteroatoms. The Morgan fingerprint density at radius 3 is 2.20 bits per heavy atom. The van der Waals surface area contributed by atoms with Gasteiger partial charge in [-0.05, 0) is 30.9 Å². The molecule has 1 heterocycles. The minimum Gasteiger partial charge on any atom is -0.481 e. The van der Waals surface area contributed by atoms with Gasteiger partial charge in [-0.1, -0.05) is 76.1 Å². The SMILES string of the molecule is CCCCCCCCCCc1ccc(C(=O)C2=CC(O)(CCCC(=O)O)N=C2)cc1. The molecule has 30 heavy (non-hydrogen) atoms. The fourth-order valence-electron chi connectivity index (χ4n) is 3.72. The zero-order valence-electron chi connectivity index (χ0n) is 18.1. The van der Waals surface area contributed by atoms with Crippen LogP contribution >= 0.6 is 0 Å². The molecular weight excluding hydrogens is 378 g/mol. The fraction of sp³-hybridized carbons (Fsp3) is 0.560. The van der Waals surface area contributed by atoms with Crippen LogP contribution < -0.4 is 0 Å². The number of carboxylic acids is 1. The third kappa shape index (κ3) is 8.23. The maximum Gasteiger partial charge on any atom is 0.303 e. The molecule has 0 spiro atoms. The molecule has 0 aromatic heterocycles. The first-order chi connectivity index (χ1) is 14.4. The molecule has 0 amide bonds. The number of aliphatic imine (C=N–C) groups is 1. The van der Waals surface area contributed by atoms with Gasteiger partial charge in [-0.2, -0.15) is 0 Å². The summed E-state index contributed by atoms with van der Waals surface area (Å²) in [4.78, 5) is 27.3. The van der Waals surface area contributed by atoms with E-state index in [-0.39, 0.29) is 18.6 Å². The van der Waals surface area contributed by atoms with E-state index in [0.717, 1.165) is 6.42 Å². The van der Waals surface area contributed by atoms with Gasteiger partial charge >= 0.3 is 5.97 Å². The van der Waals surface area contributed by atoms with Crippen molar-refractivity contribution in [2.75, 3.05) is 0 Å². The monoisotopic (exact) mass is 413 g/mol. The lowest BCUT2D eigenvalue weighted by atomic mass is 9.98. The number of carboxylic acid groups (broad SMARTS) is 1. The van der Waals surface area contributed by atoms with Gasteiger partial charge in [0.2, 0.25) is 0 Å². The summed E-state index contributed by atoms with van der Waals surface area (Å²) in [6.45, 7) is 2.24. The van der Waals surface area contributed by atoms with Gasteiger partial charge in [-0.3, -0.25) is 14.6 Å². The molecule has 1 atom stereocenters. The lowest BCUT2D eigenvalue weighted by Gasteiger charge is -2.15. The molecule has 1 aliphatic rings. The molecule has 1 aromatic carbocycles. The molecule has 164 valence electrons. The van der Waals surface area contributed by atoms with Crippen LogP contribution in [0.5, 0.6) is 0 Å². The summed E-state index contributed by atoms with van der Waals surface area (Å²) in [5, 5.41) is 19.1. The quantitative estimate of drug-likeness (QED) is 0.293. The van der Waals surface area contributed by atoms with Gasteiger partial charge in [-0.15, -0.1) is 0 Å². The van der Waals surface area contributed by atoms with E-state index in [1.54, 1.807) is 0 Å². The van der Waals surface area contributed by atoms with Crippen molar-refractivity contribution < 1.29 is 19.8 Å². The highest BCUT2D eigenvalue weighted by Gasteiger charge is 2.29. The van der Waals surface area contributed by atoms with Crippen molar-refractivity contribution in [3.63, 3.8) is 0 Å². The average Bonchev–Trinajstić information content (AvgIpc) is 3.12. The highest BCUT2D eigenvalue weighted by molar-refractivity contribution is 6.22. The summed E-state index contributed by atoms with van der Waals surface area (Å²) in [6, 6.07) is 7.66. The Kier molecular flexibility index (Phi) is 9.95. The summed E-state index contributed by atoms with van der Waals surface area (Å²) in [5.41, 5.74) is 0.680. The van der Waals surface area contributed by atoms with Crippen LogP contribution in [-0.2, 0) is 11.2 Å². The van der Waals surface area contributed by atoms with E-state index >= 15 is 0 Å². The Balaban J connectivity index is 1.76. The lowest BCUT2D eigenvalue weighted by Crippen LogP contribution is -2.21. The summed E-state index contributed by atoms with van der Waals surface area (Å²) in [5.74, 6) is -1.08. The van der Waals surface area contributed by atoms with Gasteiger partial charge in [0.25, 0.3) is 0 Å². The predicted molar refractivity (Wildman–Crippen MR) is 120 cm³/mol. The minimum atomic E-state index is -1.48. The standard InChI is InChI=1S/C25H35NO4/c1-2-3-4-5-6-7-8-9-11-20-13-15-21(16-14-20)24(29)22-18-25(30,26-19-22)17-10-12-23(27)28/h13-16,18-19,30H,2-12,17H2,1H3,(H,27,28). The molecule has 0 radical (unpaired) electrons. The van der Waals surface area contributed by atoms with Crippen molar-refractivity contribution in [2.45, 2.75) is 89.7 Å². The van der Waals surface area contributed by atoms with E-state index in [1.165, 1.54) is 69.2 Å². The van der Waals surface area contributed by atoms with Crippen LogP contribution in [0.15, 0.2) is 40.9 Å². The molecule has 0 saturated carbocycles. The first kappa shape index (κ1) is 24.0. The van der Waals surface area contributed by atoms with Crippen LogP contribution in [0.2, 0.25) is 0 Å². The molecule has 5 nitrogen and oxygen atoms in total. The zero-order valence-corrected chi connectivity index (χ0v) is 18.1. The van der Waals surface area contributed by atoms with Crippen LogP contribution in [-0.4, -0.2) is 33.9 Å². The minimum absolute atomic E-state index is 0.0325. The number of ketones is 1. The average molecular weight is 414 g/mol. The van der Waals surface area contributed by atoms with Crippen LogP contribution in [0.1, 0.15) is 93.5 Å². The number of carbonyl (C=O) groups is 2. The number of benzene rings is 1. The molecule has 1 unspecified atom stereocenters. The number of aryl methyl sites for hydroxylation is 1. The van der Waals surface area contributed by atoms with Crippen molar-refractivity contribution in [3.8, 4) is 0 Å². The summed E-state index contributed by atoms with van der Waals surface area (Å²) < 4.78 is 0. The van der Waals surface area contributed by atoms with Gasteiger partial charge in [0, 0.05) is 30.2 Å². The summed E-state index contributed by atoms with van der Waals surface area (Å²) in [6.07, 6.45) is 14.7. The predicted octanol–water partition coefficient (Wildman–Crippen LogP) is 5.51. The van der Waals surface area contributed by atoms with Crippen molar-refractivity contribution in [1.82, 2.24) is 0 Å². The van der Waals surface area contributed by atoms with E-state index in [1.807, 2.05) is 24.3 Å². The van der Waals surface area contributed by atoms with Gasteiger partial charge in [0.15, 0.2) is 11.5 Å². The first-order valence-electron chi connectivity index (χ1n) is 11.3. The number of carbonyl (C=O) groups excluding carboxylic acids is 1. The number of aliphatic carboxylic acids is 1. The Labute approximate surface area is 179 Å². The van der Waals surface area contributed by atoms with Crippen molar-refractivity contribution >= 4 is 18.0 Å². The Bertz CT molecular complexity index is 751. The van der Waals surface area contributed by atoms with E-state index in [0.29, 0.717) is 17.6 Å². The van der Waals surface area contributed by atoms with Crippen molar-refractivity contribution in [2.24, 2.45) is 4.99 Å². The summed E-state index contributed by atoms with van der Waals surface area (Å²) in [7, 11) is 0. The molecule has 2 N–H and O–H groups in total. The third-order valence-electron chi connectivity index (χ3n) is 5.55. The smallest absolute Gasteiger partial charge is 0.303 e. The largest absolute Gasteiger partial charge is 0.481 e. The number of allylic oxidation sites excluding steroid dienone is 1. The number of hydrogen-bond donors (Lipinski definition) is 2. The molecular formula is C25H35NO4. The molecule has 1 aromatic rings. The molecule has 0 bridgehead atoms. The van der Waals surface area contributed by atoms with Crippen LogP contribution in [0.25, 0.3) is 0 Å². The number of hydrogen-bond acceptors (Lipinski definition) is 4. The summed E-state index contributed by atoms with van der Waals surface area (Å²) >= 11 is 0. The third-order valence-corrected chi connectivity index (χ3v) is 5.55. The van der Waals surface area contributed by atoms with Gasteiger partial charge in [-0.25, -0.2) is 0 Å². The molecule has 0 fully saturated rings. The molecule has 1 aliphatic heterocycles. The Morgan fingerprint density at radius 2 is 1.57 bits per heavy atom. The Morgan fingerprint density at radius 1 is 0.933 bits per heavy atom. The highest BCUT2D eigenvalue weighted by atomic mass is 16.4. The van der Waals surface area contributed by atoms with Crippen LogP contribution in [0.4, 0.5) is 0 Å². The van der Waals surface area contributed by atoms with E-state index in [4.69, 9.17) is 5.11 Å². The number of nitrogens with zero attached hydrogens (tertiary/aromatic N) is 1. The second-order valence-electron chi connectivity index (χ2n) is 8.23. The molecule has 0 saturated heterocycles. The second kappa shape index (κ2) is 12.4. The normalized spacial score (nSPS) is 17.9. The number of Topliss-reactive ketones (excluding diaryl/α,β-unsaturated/α-hetero) is 1. The molecule has 2 rings (SSSR count). The number of unbranched alkanes of at least 4 members (excludes halogenated alkanes) is 7. The van der Waals surface area contributed by atoms with Gasteiger partial charge in [0.1, 0.15) is 0 Å². The highest BCUT2D eigenvalue weighted by Crippen LogP contribution is 2.25. The van der Waals surface area contributed by atoms with E-state index in [2.05, 4.69) is 11.9 Å². The van der Waals surface area contributed by atoms with Crippen molar-refractivity contribution in [1.29, 1.82) is 0 Å². The van der Waals surface area contributed by atoms with Crippen LogP contribution in [0, 0.1) is 0 Å². The maximum absolute atomic E-state index is 12.7. The van der Waals surface area contributed by atoms with E-state index < -0.39 is 11.7 Å². The topological polar surface area (TPSA) is 87.0 Å². The maximum atomic E-state index is 12.7. The van der Waals surface area contributed by atoms with Crippen LogP contribution in [0.3, 0.4) is 0 Å². The molecule has 0 aliphatic carbocycles. The number of rotatable bonds is 15. The number of aliphatic hydroxyl groups is 1. The lowest BCUT2D eigenvalue weighted by molar-refractivity contribution is -0.137. The fourth-order valence-corrected chi connectivity index (χ4v) is 3.72. The first-order valence-corrected chi connectivity index (χ1v) is 11.3. The van der Waals surface area contributed by atoms with Crippen molar-refractivity contribution in [3.05, 3.63) is 47.0 Å². The Hall–Kier alpha value is -2.27. The zero-order chi connectivity index (χ0) is 21.8. The van der Waals surface area contributed by atoms with Gasteiger partial charge in [0.05, 0.1) is 0 Å². The second-order valence-corrected chi connectivity index (χ2v) is 8.23.